The summed E-state index contributed by atoms with van der Waals surface area (Å²) in [7, 11) is 1.57. The maximum Gasteiger partial charge on any atom is 0.422 e. The number of carbonyl (C=O) groups is 1. The number of ether oxygens (including phenoxy) is 2. The van der Waals surface area contributed by atoms with Crippen LogP contribution in [0.2, 0.25) is 0 Å². The van der Waals surface area contributed by atoms with Gasteiger partial charge < -0.3 is 9.47 Å². The zero-order valence-corrected chi connectivity index (χ0v) is 16.3. The Morgan fingerprint density at radius 3 is 2.52 bits per heavy atom. The summed E-state index contributed by atoms with van der Waals surface area (Å²) in [4.78, 5) is 12.2. The van der Waals surface area contributed by atoms with Crippen molar-refractivity contribution >= 4 is 16.9 Å². The number of esters is 1. The van der Waals surface area contributed by atoms with Crippen LogP contribution < -0.4 is 4.74 Å². The van der Waals surface area contributed by atoms with E-state index in [0.717, 1.165) is 16.5 Å². The zero-order chi connectivity index (χ0) is 21.2. The van der Waals surface area contributed by atoms with E-state index in [0.29, 0.717) is 11.4 Å². The Hall–Kier alpha value is -3.03. The van der Waals surface area contributed by atoms with E-state index in [4.69, 9.17) is 4.74 Å². The Kier molecular flexibility index (Phi) is 5.55. The van der Waals surface area contributed by atoms with Crippen molar-refractivity contribution in [1.29, 1.82) is 0 Å². The quantitative estimate of drug-likeness (QED) is 0.550. The first-order valence-electron chi connectivity index (χ1n) is 8.95. The third-order valence-corrected chi connectivity index (χ3v) is 4.47. The van der Waals surface area contributed by atoms with Gasteiger partial charge in [-0.15, -0.1) is 0 Å². The van der Waals surface area contributed by atoms with Gasteiger partial charge in [-0.2, -0.15) is 18.3 Å². The third-order valence-electron chi connectivity index (χ3n) is 4.47. The molecule has 3 aromatic rings. The van der Waals surface area contributed by atoms with Crippen molar-refractivity contribution in [3.63, 3.8) is 0 Å². The van der Waals surface area contributed by atoms with Crippen molar-refractivity contribution in [2.24, 2.45) is 5.41 Å². The van der Waals surface area contributed by atoms with Gasteiger partial charge in [-0.1, -0.05) is 30.3 Å². The number of alkyl halides is 3. The van der Waals surface area contributed by atoms with E-state index in [1.165, 1.54) is 13.8 Å². The summed E-state index contributed by atoms with van der Waals surface area (Å²) in [5, 5.41) is 5.50. The normalized spacial score (nSPS) is 12.2. The topological polar surface area (TPSA) is 53.4 Å². The molecule has 0 fully saturated rings. The van der Waals surface area contributed by atoms with E-state index in [2.05, 4.69) is 9.84 Å². The van der Waals surface area contributed by atoms with Crippen LogP contribution in [0.1, 0.15) is 13.8 Å². The van der Waals surface area contributed by atoms with Crippen LogP contribution in [0.15, 0.2) is 48.5 Å². The molecule has 0 aliphatic carbocycles. The number of rotatable bonds is 6. The average molecular weight is 406 g/mol. The standard InChI is InChI=1S/C21H21F3N2O3/c1-20(2,19(27)29-13-21(22,23)24)12-26-17-10-5-4-9-16(17)18(25-26)14-7-6-8-15(11-14)28-3/h4-11H,12-13H2,1-3H3. The van der Waals surface area contributed by atoms with Crippen LogP contribution in [0.4, 0.5) is 13.2 Å². The van der Waals surface area contributed by atoms with E-state index >= 15 is 0 Å². The molecule has 1 aromatic heterocycles. The number of methoxy groups -OCH3 is 1. The minimum atomic E-state index is -4.57. The van der Waals surface area contributed by atoms with Crippen LogP contribution in [0.5, 0.6) is 5.75 Å². The Morgan fingerprint density at radius 2 is 1.83 bits per heavy atom. The maximum absolute atomic E-state index is 12.4. The van der Waals surface area contributed by atoms with Crippen LogP contribution in [0.25, 0.3) is 22.2 Å². The summed E-state index contributed by atoms with van der Waals surface area (Å²) in [6.07, 6.45) is -4.57. The number of aromatic nitrogens is 2. The van der Waals surface area contributed by atoms with Crippen molar-refractivity contribution in [3.05, 3.63) is 48.5 Å². The molecule has 2 aromatic carbocycles. The van der Waals surface area contributed by atoms with E-state index < -0.39 is 24.2 Å². The lowest BCUT2D eigenvalue weighted by molar-refractivity contribution is -0.193. The van der Waals surface area contributed by atoms with Gasteiger partial charge in [0.05, 0.1) is 24.6 Å². The van der Waals surface area contributed by atoms with Gasteiger partial charge in [0.2, 0.25) is 0 Å². The summed E-state index contributed by atoms with van der Waals surface area (Å²) < 4.78 is 48.5. The van der Waals surface area contributed by atoms with Crippen LogP contribution in [-0.2, 0) is 16.1 Å². The molecule has 8 heteroatoms. The molecular weight excluding hydrogens is 385 g/mol. The molecule has 0 saturated carbocycles. The minimum Gasteiger partial charge on any atom is -0.497 e. The van der Waals surface area contributed by atoms with Crippen molar-refractivity contribution in [2.45, 2.75) is 26.6 Å². The van der Waals surface area contributed by atoms with E-state index in [9.17, 15) is 18.0 Å². The van der Waals surface area contributed by atoms with Crippen molar-refractivity contribution in [3.8, 4) is 17.0 Å². The summed E-state index contributed by atoms with van der Waals surface area (Å²) in [6.45, 7) is 1.53. The minimum absolute atomic E-state index is 0.0637. The molecule has 0 unspecified atom stereocenters. The lowest BCUT2D eigenvalue weighted by Gasteiger charge is -2.23. The van der Waals surface area contributed by atoms with Gasteiger partial charge in [-0.05, 0) is 32.0 Å². The van der Waals surface area contributed by atoms with Gasteiger partial charge in [0.1, 0.15) is 11.4 Å². The van der Waals surface area contributed by atoms with Gasteiger partial charge in [0, 0.05) is 10.9 Å². The SMILES string of the molecule is COc1cccc(-c2nn(CC(C)(C)C(=O)OCC(F)(F)F)c3ccccc23)c1. The Balaban J connectivity index is 1.95. The number of benzene rings is 2. The fraction of sp³-hybridized carbons (Fsp3) is 0.333. The number of para-hydroxylation sites is 1. The van der Waals surface area contributed by atoms with Gasteiger partial charge in [0.25, 0.3) is 0 Å². The summed E-state index contributed by atoms with van der Waals surface area (Å²) in [6, 6.07) is 14.9. The highest BCUT2D eigenvalue weighted by Gasteiger charge is 2.36. The molecule has 0 N–H and O–H groups in total. The van der Waals surface area contributed by atoms with E-state index in [1.807, 2.05) is 48.5 Å². The molecule has 0 aliphatic heterocycles. The molecule has 0 amide bonds. The fourth-order valence-corrected chi connectivity index (χ4v) is 3.01. The number of hydrogen-bond acceptors (Lipinski definition) is 4. The number of fused-ring (bicyclic) bond motifs is 1. The van der Waals surface area contributed by atoms with E-state index in [-0.39, 0.29) is 6.54 Å². The fourth-order valence-electron chi connectivity index (χ4n) is 3.01. The number of nitrogens with zero attached hydrogens (tertiary/aromatic N) is 2. The molecule has 0 saturated heterocycles. The molecule has 5 nitrogen and oxygen atoms in total. The second-order valence-electron chi connectivity index (χ2n) is 7.33. The van der Waals surface area contributed by atoms with Gasteiger partial charge in [-0.25, -0.2) is 0 Å². The Labute approximate surface area is 166 Å². The van der Waals surface area contributed by atoms with E-state index in [1.54, 1.807) is 11.8 Å². The number of halogens is 3. The molecule has 0 atom stereocenters. The third kappa shape index (κ3) is 4.70. The Bertz CT molecular complexity index is 1030. The molecule has 29 heavy (non-hydrogen) atoms. The molecule has 1 heterocycles. The number of carbonyl (C=O) groups excluding carboxylic acids is 1. The maximum atomic E-state index is 12.4. The first-order chi connectivity index (χ1) is 13.6. The molecule has 0 spiro atoms. The van der Waals surface area contributed by atoms with Crippen LogP contribution >= 0.6 is 0 Å². The molecule has 0 radical (unpaired) electrons. The predicted molar refractivity (Wildman–Crippen MR) is 103 cm³/mol. The largest absolute Gasteiger partial charge is 0.497 e. The average Bonchev–Trinajstić information content (AvgIpc) is 3.03. The van der Waals surface area contributed by atoms with Crippen molar-refractivity contribution in [2.75, 3.05) is 13.7 Å². The highest BCUT2D eigenvalue weighted by Crippen LogP contribution is 2.32. The van der Waals surface area contributed by atoms with Gasteiger partial charge in [-0.3, -0.25) is 9.48 Å². The van der Waals surface area contributed by atoms with Gasteiger partial charge in [0.15, 0.2) is 6.61 Å². The smallest absolute Gasteiger partial charge is 0.422 e. The molecule has 3 rings (SSSR count). The first-order valence-corrected chi connectivity index (χ1v) is 8.95. The first kappa shape index (κ1) is 20.7. The predicted octanol–water partition coefficient (Wildman–Crippen LogP) is 4.84. The van der Waals surface area contributed by atoms with Gasteiger partial charge >= 0.3 is 12.1 Å². The van der Waals surface area contributed by atoms with Crippen LogP contribution in [-0.4, -0.2) is 35.6 Å². The molecule has 154 valence electrons. The van der Waals surface area contributed by atoms with Crippen molar-refractivity contribution in [1.82, 2.24) is 9.78 Å². The molecular formula is C21H21F3N2O3. The monoisotopic (exact) mass is 406 g/mol. The summed E-state index contributed by atoms with van der Waals surface area (Å²) in [5.41, 5.74) is 1.09. The highest BCUT2D eigenvalue weighted by atomic mass is 19.4. The second kappa shape index (κ2) is 7.77. The van der Waals surface area contributed by atoms with Crippen LogP contribution in [0, 0.1) is 5.41 Å². The summed E-state index contributed by atoms with van der Waals surface area (Å²) in [5.74, 6) is -0.255. The molecule has 0 bridgehead atoms. The Morgan fingerprint density at radius 1 is 1.10 bits per heavy atom. The highest BCUT2D eigenvalue weighted by molar-refractivity contribution is 5.93. The lowest BCUT2D eigenvalue weighted by Crippen LogP contribution is -2.34. The zero-order valence-electron chi connectivity index (χ0n) is 16.3. The lowest BCUT2D eigenvalue weighted by atomic mass is 9.94. The van der Waals surface area contributed by atoms with Crippen molar-refractivity contribution < 1.29 is 27.4 Å². The second-order valence-corrected chi connectivity index (χ2v) is 7.33. The number of hydrogen-bond donors (Lipinski definition) is 0. The van der Waals surface area contributed by atoms with Crippen LogP contribution in [0.3, 0.4) is 0 Å². The summed E-state index contributed by atoms with van der Waals surface area (Å²) >= 11 is 0. The molecule has 0 aliphatic rings.